The van der Waals surface area contributed by atoms with Gasteiger partial charge in [0.15, 0.2) is 0 Å². The van der Waals surface area contributed by atoms with Gasteiger partial charge in [-0.05, 0) is 42.8 Å². The van der Waals surface area contributed by atoms with E-state index < -0.39 is 16.0 Å². The monoisotopic (exact) mass is 464 g/mol. The van der Waals surface area contributed by atoms with Crippen LogP contribution in [0, 0.1) is 0 Å². The predicted octanol–water partition coefficient (Wildman–Crippen LogP) is 3.79. The third-order valence-electron chi connectivity index (χ3n) is 5.22. The second-order valence-electron chi connectivity index (χ2n) is 7.60. The van der Waals surface area contributed by atoms with Crippen molar-refractivity contribution in [2.45, 2.75) is 37.8 Å². The summed E-state index contributed by atoms with van der Waals surface area (Å²) in [5.41, 5.74) is 2.74. The van der Waals surface area contributed by atoms with E-state index in [1.807, 2.05) is 41.0 Å². The zero-order chi connectivity index (χ0) is 23.4. The summed E-state index contributed by atoms with van der Waals surface area (Å²) in [7, 11) is -3.84. The van der Waals surface area contributed by atoms with Crippen molar-refractivity contribution in [3.05, 3.63) is 72.2 Å². The first-order valence-electron chi connectivity index (χ1n) is 10.6. The molecular formula is C24H24N4O4S. The Morgan fingerprint density at radius 1 is 1.09 bits per heavy atom. The fraction of sp³-hybridized carbons (Fsp3) is 0.208. The normalized spacial score (nSPS) is 12.1. The van der Waals surface area contributed by atoms with Crippen molar-refractivity contribution in [2.24, 2.45) is 5.14 Å². The maximum atomic E-state index is 12.3. The third-order valence-corrected chi connectivity index (χ3v) is 6.13. The summed E-state index contributed by atoms with van der Waals surface area (Å²) >= 11 is 0. The summed E-state index contributed by atoms with van der Waals surface area (Å²) in [6, 6.07) is 16.1. The van der Waals surface area contributed by atoms with Crippen molar-refractivity contribution in [1.82, 2.24) is 14.5 Å². The number of para-hydroxylation sites is 1. The van der Waals surface area contributed by atoms with Gasteiger partial charge in [0.1, 0.15) is 12.4 Å². The summed E-state index contributed by atoms with van der Waals surface area (Å²) in [5, 5.41) is 6.26. The minimum atomic E-state index is -3.84. The molecule has 0 bridgehead atoms. The van der Waals surface area contributed by atoms with Gasteiger partial charge in [0.25, 0.3) is 0 Å². The Bertz CT molecular complexity index is 1460. The van der Waals surface area contributed by atoms with Crippen LogP contribution in [0.1, 0.15) is 31.3 Å². The molecule has 4 aromatic rings. The number of pyridine rings is 1. The number of hydrogen-bond donors (Lipinski definition) is 1. The molecule has 0 saturated heterocycles. The molecule has 8 nitrogen and oxygen atoms in total. The van der Waals surface area contributed by atoms with Crippen LogP contribution < -0.4 is 5.14 Å². The van der Waals surface area contributed by atoms with Crippen LogP contribution in [-0.4, -0.2) is 28.9 Å². The fourth-order valence-electron chi connectivity index (χ4n) is 3.52. The number of carbonyl (C=O) groups excluding carboxylic acids is 1. The maximum Gasteiger partial charge on any atom is 0.331 e. The van der Waals surface area contributed by atoms with E-state index in [0.717, 1.165) is 29.3 Å². The van der Waals surface area contributed by atoms with Gasteiger partial charge >= 0.3 is 5.97 Å². The molecule has 0 unspecified atom stereocenters. The number of nitrogens with two attached hydrogens (primary N) is 1. The lowest BCUT2D eigenvalue weighted by Crippen LogP contribution is -2.11. The first kappa shape index (κ1) is 22.6. The number of aryl methyl sites for hydroxylation is 1. The van der Waals surface area contributed by atoms with Crippen molar-refractivity contribution in [3.8, 4) is 0 Å². The number of aromatic nitrogens is 3. The molecule has 4 rings (SSSR count). The van der Waals surface area contributed by atoms with Crippen molar-refractivity contribution >= 4 is 44.0 Å². The number of unbranched alkanes of at least 4 members (excludes halogenated alkanes) is 1. The Balaban J connectivity index is 1.51. The van der Waals surface area contributed by atoms with E-state index in [0.29, 0.717) is 23.6 Å². The van der Waals surface area contributed by atoms with Gasteiger partial charge in [-0.3, -0.25) is 0 Å². The molecule has 0 radical (unpaired) electrons. The third kappa shape index (κ3) is 5.27. The molecule has 0 spiro atoms. The number of esters is 1. The molecule has 0 atom stereocenters. The topological polar surface area (TPSA) is 117 Å². The molecule has 0 aliphatic rings. The standard InChI is InChI=1S/C24H24N4O4S/c1-2-3-14-28-22-12-11-19(33(25,30)31)15-21(22)27-23(28)16-32-24(29)13-10-18-9-8-17-6-4-5-7-20(17)26-18/h4-13,15H,2-3,14,16H2,1H3,(H2,25,30,31)/b13-10+. The molecule has 2 heterocycles. The minimum absolute atomic E-state index is 0.00972. The summed E-state index contributed by atoms with van der Waals surface area (Å²) in [6.07, 6.45) is 4.80. The number of nitrogens with zero attached hydrogens (tertiary/aromatic N) is 3. The predicted molar refractivity (Wildman–Crippen MR) is 127 cm³/mol. The number of ether oxygens (including phenoxy) is 1. The maximum absolute atomic E-state index is 12.3. The van der Waals surface area contributed by atoms with Crippen LogP contribution in [0.3, 0.4) is 0 Å². The lowest BCUT2D eigenvalue weighted by Gasteiger charge is -2.08. The van der Waals surface area contributed by atoms with E-state index in [9.17, 15) is 13.2 Å². The first-order chi connectivity index (χ1) is 15.8. The van der Waals surface area contributed by atoms with Gasteiger partial charge in [0.2, 0.25) is 10.0 Å². The van der Waals surface area contributed by atoms with Crippen LogP contribution in [0.2, 0.25) is 0 Å². The molecule has 0 saturated carbocycles. The van der Waals surface area contributed by atoms with Crippen LogP contribution in [0.5, 0.6) is 0 Å². The molecule has 33 heavy (non-hydrogen) atoms. The molecule has 0 aliphatic carbocycles. The van der Waals surface area contributed by atoms with Crippen molar-refractivity contribution in [1.29, 1.82) is 0 Å². The smallest absolute Gasteiger partial charge is 0.331 e. The van der Waals surface area contributed by atoms with Gasteiger partial charge in [-0.2, -0.15) is 0 Å². The van der Waals surface area contributed by atoms with Gasteiger partial charge in [-0.15, -0.1) is 0 Å². The van der Waals surface area contributed by atoms with Crippen molar-refractivity contribution < 1.29 is 17.9 Å². The molecule has 2 aromatic carbocycles. The lowest BCUT2D eigenvalue weighted by atomic mass is 10.2. The molecule has 0 amide bonds. The highest BCUT2D eigenvalue weighted by Gasteiger charge is 2.15. The summed E-state index contributed by atoms with van der Waals surface area (Å²) < 4.78 is 30.7. The van der Waals surface area contributed by atoms with Gasteiger partial charge in [0.05, 0.1) is 27.1 Å². The van der Waals surface area contributed by atoms with Crippen molar-refractivity contribution in [3.63, 3.8) is 0 Å². The molecule has 2 aromatic heterocycles. The van der Waals surface area contributed by atoms with Gasteiger partial charge in [-0.1, -0.05) is 37.6 Å². The summed E-state index contributed by atoms with van der Waals surface area (Å²) in [5.74, 6) is 0.0138. The Morgan fingerprint density at radius 3 is 2.70 bits per heavy atom. The van der Waals surface area contributed by atoms with E-state index in [1.165, 1.54) is 18.2 Å². The summed E-state index contributed by atoms with van der Waals surface area (Å²) in [6.45, 7) is 2.70. The average Bonchev–Trinajstić information content (AvgIpc) is 3.16. The average molecular weight is 465 g/mol. The largest absolute Gasteiger partial charge is 0.454 e. The van der Waals surface area contributed by atoms with E-state index >= 15 is 0 Å². The van der Waals surface area contributed by atoms with Crippen molar-refractivity contribution in [2.75, 3.05) is 0 Å². The lowest BCUT2D eigenvalue weighted by molar-refractivity contribution is -0.139. The quantitative estimate of drug-likeness (QED) is 0.313. The minimum Gasteiger partial charge on any atom is -0.454 e. The Labute approximate surface area is 191 Å². The van der Waals surface area contributed by atoms with Gasteiger partial charge < -0.3 is 9.30 Å². The number of imidazole rings is 1. The number of rotatable bonds is 8. The van der Waals surface area contributed by atoms with E-state index in [2.05, 4.69) is 16.9 Å². The zero-order valence-corrected chi connectivity index (χ0v) is 19.0. The number of primary sulfonamides is 1. The molecule has 0 fully saturated rings. The Kier molecular flexibility index (Phi) is 6.52. The number of benzene rings is 2. The SMILES string of the molecule is CCCCn1c(COC(=O)/C=C/c2ccc3ccccc3n2)nc2cc(S(N)(=O)=O)ccc21. The van der Waals surface area contributed by atoms with Crippen LogP contribution >= 0.6 is 0 Å². The number of hydrogen-bond acceptors (Lipinski definition) is 6. The summed E-state index contributed by atoms with van der Waals surface area (Å²) in [4.78, 5) is 21.3. The molecule has 2 N–H and O–H groups in total. The number of carbonyl (C=O) groups is 1. The molecule has 0 aliphatic heterocycles. The highest BCUT2D eigenvalue weighted by atomic mass is 32.2. The Hall–Kier alpha value is -3.56. The number of fused-ring (bicyclic) bond motifs is 2. The van der Waals surface area contributed by atoms with Crippen LogP contribution in [0.4, 0.5) is 0 Å². The second-order valence-corrected chi connectivity index (χ2v) is 9.16. The second kappa shape index (κ2) is 9.51. The molecule has 170 valence electrons. The van der Waals surface area contributed by atoms with Crippen LogP contribution in [0.15, 0.2) is 65.6 Å². The first-order valence-corrected chi connectivity index (χ1v) is 12.1. The molecular weight excluding hydrogens is 440 g/mol. The molecule has 9 heteroatoms. The van der Waals surface area contributed by atoms with Gasteiger partial charge in [-0.25, -0.2) is 28.3 Å². The van der Waals surface area contributed by atoms with Crippen LogP contribution in [-0.2, 0) is 32.7 Å². The number of sulfonamides is 1. The van der Waals surface area contributed by atoms with E-state index in [-0.39, 0.29) is 11.5 Å². The highest BCUT2D eigenvalue weighted by molar-refractivity contribution is 7.89. The highest BCUT2D eigenvalue weighted by Crippen LogP contribution is 2.21. The van der Waals surface area contributed by atoms with E-state index in [1.54, 1.807) is 12.1 Å². The van der Waals surface area contributed by atoms with Gasteiger partial charge in [0, 0.05) is 18.0 Å². The van der Waals surface area contributed by atoms with Crippen LogP contribution in [0.25, 0.3) is 28.0 Å². The van der Waals surface area contributed by atoms with E-state index in [4.69, 9.17) is 9.88 Å². The Morgan fingerprint density at radius 2 is 1.91 bits per heavy atom. The fourth-order valence-corrected chi connectivity index (χ4v) is 4.06. The zero-order valence-electron chi connectivity index (χ0n) is 18.1.